The number of para-hydroxylation sites is 1. The maximum absolute atomic E-state index is 12.6. The van der Waals surface area contributed by atoms with Gasteiger partial charge in [-0.1, -0.05) is 35.9 Å². The van der Waals surface area contributed by atoms with Gasteiger partial charge in [-0.3, -0.25) is 4.79 Å². The Kier molecular flexibility index (Phi) is 6.19. The second-order valence-electron chi connectivity index (χ2n) is 7.23. The van der Waals surface area contributed by atoms with Crippen LogP contribution in [0.4, 0.5) is 5.69 Å². The maximum Gasteiger partial charge on any atom is 0.248 e. The largest absolute Gasteiger partial charge is 0.497 e. The highest BCUT2D eigenvalue weighted by atomic mass is 35.5. The fourth-order valence-electron chi connectivity index (χ4n) is 3.55. The third-order valence-electron chi connectivity index (χ3n) is 5.18. The molecule has 0 saturated carbocycles. The highest BCUT2D eigenvalue weighted by Crippen LogP contribution is 2.38. The van der Waals surface area contributed by atoms with Crippen molar-refractivity contribution in [1.82, 2.24) is 0 Å². The van der Waals surface area contributed by atoms with Crippen LogP contribution in [0.25, 0.3) is 27.7 Å². The second kappa shape index (κ2) is 9.20. The summed E-state index contributed by atoms with van der Waals surface area (Å²) in [5.41, 5.74) is 4.68. The van der Waals surface area contributed by atoms with Crippen LogP contribution in [0, 0.1) is 0 Å². The number of anilines is 1. The number of halogens is 1. The summed E-state index contributed by atoms with van der Waals surface area (Å²) in [6.45, 7) is 1.86. The summed E-state index contributed by atoms with van der Waals surface area (Å²) >= 11 is 6.14. The van der Waals surface area contributed by atoms with E-state index in [1.54, 1.807) is 32.6 Å². The molecule has 162 valence electrons. The molecule has 0 bridgehead atoms. The second-order valence-corrected chi connectivity index (χ2v) is 7.63. The van der Waals surface area contributed by atoms with Crippen LogP contribution in [-0.4, -0.2) is 20.1 Å². The molecule has 1 aromatic heterocycles. The summed E-state index contributed by atoms with van der Waals surface area (Å²) in [4.78, 5) is 12.6. The fraction of sp³-hybridized carbons (Fsp3) is 0.115. The zero-order valence-corrected chi connectivity index (χ0v) is 18.7. The molecule has 4 aromatic rings. The van der Waals surface area contributed by atoms with Crippen LogP contribution < -0.4 is 14.8 Å². The van der Waals surface area contributed by atoms with Crippen molar-refractivity contribution in [3.8, 4) is 22.6 Å². The van der Waals surface area contributed by atoms with Gasteiger partial charge in [0.05, 0.1) is 31.2 Å². The van der Waals surface area contributed by atoms with Gasteiger partial charge in [-0.25, -0.2) is 0 Å². The summed E-state index contributed by atoms with van der Waals surface area (Å²) < 4.78 is 16.7. The Morgan fingerprint density at radius 3 is 2.59 bits per heavy atom. The molecule has 3 aromatic carbocycles. The molecule has 0 atom stereocenters. The lowest BCUT2D eigenvalue weighted by atomic mass is 9.99. The molecule has 0 radical (unpaired) electrons. The minimum Gasteiger partial charge on any atom is -0.497 e. The number of carbonyl (C=O) groups excluding carboxylic acids is 1. The number of fused-ring (bicyclic) bond motifs is 1. The molecule has 0 saturated heterocycles. The zero-order valence-electron chi connectivity index (χ0n) is 17.9. The van der Waals surface area contributed by atoms with E-state index >= 15 is 0 Å². The lowest BCUT2D eigenvalue weighted by Crippen LogP contribution is -2.09. The van der Waals surface area contributed by atoms with E-state index in [-0.39, 0.29) is 5.91 Å². The zero-order chi connectivity index (χ0) is 22.7. The van der Waals surface area contributed by atoms with Crippen molar-refractivity contribution >= 4 is 39.7 Å². The highest BCUT2D eigenvalue weighted by Gasteiger charge is 2.15. The van der Waals surface area contributed by atoms with E-state index in [1.165, 1.54) is 6.08 Å². The molecule has 4 rings (SSSR count). The molecule has 1 amide bonds. The summed E-state index contributed by atoms with van der Waals surface area (Å²) in [6, 6.07) is 18.7. The molecule has 0 aliphatic heterocycles. The van der Waals surface area contributed by atoms with E-state index in [4.69, 9.17) is 25.5 Å². The van der Waals surface area contributed by atoms with Crippen LogP contribution in [0.2, 0.25) is 5.02 Å². The van der Waals surface area contributed by atoms with Crippen LogP contribution in [0.3, 0.4) is 0 Å². The number of furan rings is 1. The first-order valence-corrected chi connectivity index (χ1v) is 10.4. The average Bonchev–Trinajstić information content (AvgIpc) is 3.22. The van der Waals surface area contributed by atoms with Gasteiger partial charge in [0.25, 0.3) is 0 Å². The van der Waals surface area contributed by atoms with Gasteiger partial charge in [0, 0.05) is 28.7 Å². The monoisotopic (exact) mass is 447 g/mol. The first-order valence-electron chi connectivity index (χ1n) is 9.98. The molecule has 1 heterocycles. The standard InChI is InChI=1S/C26H22ClNO4/c1-16(11-26(29)28-23-10-5-4-9-22(23)27)19-13-20-21(15-32-25(20)14-24(19)31-3)17-7-6-8-18(12-17)30-2/h4-15H,1-3H3,(H,28,29)/b16-11+. The summed E-state index contributed by atoms with van der Waals surface area (Å²) in [5, 5.41) is 4.20. The van der Waals surface area contributed by atoms with Crippen molar-refractivity contribution in [3.63, 3.8) is 0 Å². The molecule has 0 spiro atoms. The number of rotatable bonds is 6. The average molecular weight is 448 g/mol. The summed E-state index contributed by atoms with van der Waals surface area (Å²) in [7, 11) is 3.23. The molecule has 0 unspecified atom stereocenters. The van der Waals surface area contributed by atoms with Crippen molar-refractivity contribution < 1.29 is 18.7 Å². The normalized spacial score (nSPS) is 11.4. The van der Waals surface area contributed by atoms with Gasteiger partial charge in [-0.2, -0.15) is 0 Å². The number of hydrogen-bond acceptors (Lipinski definition) is 4. The van der Waals surface area contributed by atoms with Crippen molar-refractivity contribution in [1.29, 1.82) is 0 Å². The Balaban J connectivity index is 1.73. The van der Waals surface area contributed by atoms with Crippen molar-refractivity contribution in [2.24, 2.45) is 0 Å². The number of amides is 1. The third kappa shape index (κ3) is 4.34. The molecular weight excluding hydrogens is 426 g/mol. The van der Waals surface area contributed by atoms with Gasteiger partial charge in [0.1, 0.15) is 17.1 Å². The molecule has 1 N–H and O–H groups in total. The number of methoxy groups -OCH3 is 2. The van der Waals surface area contributed by atoms with Crippen LogP contribution in [0.1, 0.15) is 12.5 Å². The van der Waals surface area contributed by atoms with Crippen molar-refractivity contribution in [2.75, 3.05) is 19.5 Å². The number of nitrogens with one attached hydrogen (secondary N) is 1. The molecule has 5 nitrogen and oxygen atoms in total. The van der Waals surface area contributed by atoms with E-state index in [0.717, 1.165) is 33.4 Å². The summed E-state index contributed by atoms with van der Waals surface area (Å²) in [5.74, 6) is 1.10. The van der Waals surface area contributed by atoms with E-state index in [2.05, 4.69) is 5.32 Å². The minimum absolute atomic E-state index is 0.280. The van der Waals surface area contributed by atoms with E-state index in [9.17, 15) is 4.79 Å². The Hall–Kier alpha value is -3.70. The maximum atomic E-state index is 12.6. The lowest BCUT2D eigenvalue weighted by molar-refractivity contribution is -0.111. The Morgan fingerprint density at radius 1 is 1.03 bits per heavy atom. The molecule has 0 aliphatic carbocycles. The van der Waals surface area contributed by atoms with Crippen LogP contribution >= 0.6 is 11.6 Å². The van der Waals surface area contributed by atoms with Gasteiger partial charge < -0.3 is 19.2 Å². The number of allylic oxidation sites excluding steroid dienone is 1. The van der Waals surface area contributed by atoms with Gasteiger partial charge in [-0.15, -0.1) is 0 Å². The van der Waals surface area contributed by atoms with Crippen LogP contribution in [0.15, 0.2) is 77.4 Å². The summed E-state index contributed by atoms with van der Waals surface area (Å²) in [6.07, 6.45) is 3.24. The minimum atomic E-state index is -0.280. The molecule has 6 heteroatoms. The van der Waals surface area contributed by atoms with E-state index in [1.807, 2.05) is 55.5 Å². The predicted octanol–water partition coefficient (Wildman–Crippen LogP) is 6.81. The van der Waals surface area contributed by atoms with Gasteiger partial charge in [0.15, 0.2) is 0 Å². The quantitative estimate of drug-likeness (QED) is 0.330. The number of ether oxygens (including phenoxy) is 2. The fourth-order valence-corrected chi connectivity index (χ4v) is 3.74. The van der Waals surface area contributed by atoms with Gasteiger partial charge in [0.2, 0.25) is 5.91 Å². The van der Waals surface area contributed by atoms with Crippen molar-refractivity contribution in [3.05, 3.63) is 83.6 Å². The predicted molar refractivity (Wildman–Crippen MR) is 128 cm³/mol. The molecule has 0 aliphatic rings. The number of benzene rings is 3. The number of hydrogen-bond donors (Lipinski definition) is 1. The lowest BCUT2D eigenvalue weighted by Gasteiger charge is -2.11. The SMILES string of the molecule is COc1cccc(-c2coc3cc(OC)c(/C(C)=C/C(=O)Nc4ccccc4Cl)cc23)c1. The smallest absolute Gasteiger partial charge is 0.248 e. The first-order chi connectivity index (χ1) is 15.5. The number of carbonyl (C=O) groups is 1. The molecule has 32 heavy (non-hydrogen) atoms. The molecular formula is C26H22ClNO4. The van der Waals surface area contributed by atoms with Crippen LogP contribution in [-0.2, 0) is 4.79 Å². The molecule has 0 fully saturated rings. The first kappa shape index (κ1) is 21.5. The Labute approximate surface area is 191 Å². The van der Waals surface area contributed by atoms with Gasteiger partial charge in [-0.05, 0) is 48.4 Å². The van der Waals surface area contributed by atoms with E-state index < -0.39 is 0 Å². The Bertz CT molecular complexity index is 1320. The Morgan fingerprint density at radius 2 is 1.84 bits per heavy atom. The highest BCUT2D eigenvalue weighted by molar-refractivity contribution is 6.33. The van der Waals surface area contributed by atoms with Crippen LogP contribution in [0.5, 0.6) is 11.5 Å². The topological polar surface area (TPSA) is 60.7 Å². The third-order valence-corrected chi connectivity index (χ3v) is 5.51. The van der Waals surface area contributed by atoms with Gasteiger partial charge >= 0.3 is 0 Å². The van der Waals surface area contributed by atoms with Crippen molar-refractivity contribution in [2.45, 2.75) is 6.92 Å². The van der Waals surface area contributed by atoms with E-state index in [0.29, 0.717) is 22.0 Å².